The Balaban J connectivity index is 1.79. The molecule has 0 aliphatic rings. The van der Waals surface area contributed by atoms with Gasteiger partial charge in [-0.2, -0.15) is 0 Å². The van der Waals surface area contributed by atoms with Gasteiger partial charge in [-0.3, -0.25) is 9.36 Å². The Bertz CT molecular complexity index is 903. The highest BCUT2D eigenvalue weighted by atomic mass is 32.2. The van der Waals surface area contributed by atoms with E-state index in [1.165, 1.54) is 33.1 Å². The summed E-state index contributed by atoms with van der Waals surface area (Å²) in [5.74, 6) is 1.45. The van der Waals surface area contributed by atoms with Crippen LogP contribution in [0.4, 0.5) is 0 Å². The van der Waals surface area contributed by atoms with Gasteiger partial charge in [-0.25, -0.2) is 0 Å². The number of nitrogens with zero attached hydrogens (tertiary/aromatic N) is 3. The quantitative estimate of drug-likeness (QED) is 0.435. The number of rotatable bonds is 8. The standard InChI is InChI=1S/C19H19N3O4S/c1-24-16-9-13(10-17(25-2)18(16)26-3)15(23)11-27-19-21-20-12-22(19)14-7-5-4-6-8-14/h4-10,12H,11H2,1-3H3. The minimum Gasteiger partial charge on any atom is -0.493 e. The molecule has 0 aliphatic heterocycles. The van der Waals surface area contributed by atoms with Gasteiger partial charge in [-0.1, -0.05) is 30.0 Å². The van der Waals surface area contributed by atoms with Gasteiger partial charge in [0.25, 0.3) is 0 Å². The smallest absolute Gasteiger partial charge is 0.203 e. The summed E-state index contributed by atoms with van der Waals surface area (Å²) in [5.41, 5.74) is 1.41. The first kappa shape index (κ1) is 18.8. The molecule has 8 heteroatoms. The number of hydrogen-bond acceptors (Lipinski definition) is 7. The Morgan fingerprint density at radius 2 is 1.70 bits per heavy atom. The van der Waals surface area contributed by atoms with E-state index in [2.05, 4.69) is 10.2 Å². The van der Waals surface area contributed by atoms with Crippen molar-refractivity contribution in [1.82, 2.24) is 14.8 Å². The van der Waals surface area contributed by atoms with Gasteiger partial charge in [0.15, 0.2) is 22.4 Å². The van der Waals surface area contributed by atoms with Gasteiger partial charge in [0.05, 0.1) is 27.1 Å². The monoisotopic (exact) mass is 385 g/mol. The summed E-state index contributed by atoms with van der Waals surface area (Å²) >= 11 is 1.32. The fourth-order valence-corrected chi connectivity index (χ4v) is 3.37. The number of hydrogen-bond donors (Lipinski definition) is 0. The number of methoxy groups -OCH3 is 3. The molecule has 2 aromatic carbocycles. The first-order valence-corrected chi connectivity index (χ1v) is 9.08. The van der Waals surface area contributed by atoms with Crippen LogP contribution in [0, 0.1) is 0 Å². The molecule has 0 spiro atoms. The fraction of sp³-hybridized carbons (Fsp3) is 0.211. The Kier molecular flexibility index (Phi) is 5.97. The van der Waals surface area contributed by atoms with E-state index in [4.69, 9.17) is 14.2 Å². The van der Waals surface area contributed by atoms with Crippen molar-refractivity contribution >= 4 is 17.5 Å². The number of thioether (sulfide) groups is 1. The topological polar surface area (TPSA) is 75.5 Å². The molecule has 0 saturated carbocycles. The van der Waals surface area contributed by atoms with E-state index < -0.39 is 0 Å². The maximum Gasteiger partial charge on any atom is 0.203 e. The molecular formula is C19H19N3O4S. The van der Waals surface area contributed by atoms with E-state index in [0.29, 0.717) is 28.0 Å². The van der Waals surface area contributed by atoms with Crippen LogP contribution < -0.4 is 14.2 Å². The summed E-state index contributed by atoms with van der Waals surface area (Å²) in [4.78, 5) is 12.7. The van der Waals surface area contributed by atoms with Crippen molar-refractivity contribution in [2.24, 2.45) is 0 Å². The largest absolute Gasteiger partial charge is 0.493 e. The predicted molar refractivity (Wildman–Crippen MR) is 103 cm³/mol. The Labute approximate surface area is 161 Å². The number of ketones is 1. The third-order valence-corrected chi connectivity index (χ3v) is 4.81. The van der Waals surface area contributed by atoms with Gasteiger partial charge in [-0.15, -0.1) is 10.2 Å². The maximum atomic E-state index is 12.7. The van der Waals surface area contributed by atoms with Gasteiger partial charge in [0.2, 0.25) is 5.75 Å². The molecule has 1 aromatic heterocycles. The highest BCUT2D eigenvalue weighted by molar-refractivity contribution is 7.99. The van der Waals surface area contributed by atoms with Gasteiger partial charge in [0, 0.05) is 11.3 Å². The van der Waals surface area contributed by atoms with Gasteiger partial charge >= 0.3 is 0 Å². The Hall–Kier alpha value is -3.00. The second kappa shape index (κ2) is 8.59. The molecule has 0 N–H and O–H groups in total. The van der Waals surface area contributed by atoms with E-state index in [1.54, 1.807) is 18.5 Å². The van der Waals surface area contributed by atoms with Crippen LogP contribution in [-0.2, 0) is 0 Å². The summed E-state index contributed by atoms with van der Waals surface area (Å²) in [6.45, 7) is 0. The second-order valence-electron chi connectivity index (χ2n) is 5.44. The second-order valence-corrected chi connectivity index (χ2v) is 6.39. The van der Waals surface area contributed by atoms with Gasteiger partial charge in [-0.05, 0) is 24.3 Å². The molecule has 3 aromatic rings. The summed E-state index contributed by atoms with van der Waals surface area (Å²) in [6, 6.07) is 13.0. The SMILES string of the molecule is COc1cc(C(=O)CSc2nncn2-c2ccccc2)cc(OC)c1OC. The van der Waals surface area contributed by atoms with E-state index in [-0.39, 0.29) is 11.5 Å². The molecule has 0 unspecified atom stereocenters. The van der Waals surface area contributed by atoms with Crippen molar-refractivity contribution in [1.29, 1.82) is 0 Å². The molecule has 0 bridgehead atoms. The van der Waals surface area contributed by atoms with Crippen molar-refractivity contribution in [3.63, 3.8) is 0 Å². The van der Waals surface area contributed by atoms with Crippen molar-refractivity contribution in [2.45, 2.75) is 5.16 Å². The Morgan fingerprint density at radius 1 is 1.04 bits per heavy atom. The van der Waals surface area contributed by atoms with Crippen LogP contribution in [0.2, 0.25) is 0 Å². The van der Waals surface area contributed by atoms with Crippen LogP contribution in [-0.4, -0.2) is 47.6 Å². The molecule has 27 heavy (non-hydrogen) atoms. The molecular weight excluding hydrogens is 366 g/mol. The van der Waals surface area contributed by atoms with Crippen LogP contribution in [0.3, 0.4) is 0 Å². The highest BCUT2D eigenvalue weighted by Crippen LogP contribution is 2.38. The molecule has 0 saturated heterocycles. The van der Waals surface area contributed by atoms with E-state index in [9.17, 15) is 4.79 Å². The van der Waals surface area contributed by atoms with Crippen molar-refractivity contribution in [2.75, 3.05) is 27.1 Å². The number of para-hydroxylation sites is 1. The highest BCUT2D eigenvalue weighted by Gasteiger charge is 2.18. The molecule has 0 atom stereocenters. The molecule has 3 rings (SSSR count). The zero-order valence-corrected chi connectivity index (χ0v) is 16.0. The number of Topliss-reactive ketones (excluding diaryl/α,β-unsaturated/α-hetero) is 1. The molecule has 140 valence electrons. The number of ether oxygens (including phenoxy) is 3. The number of carbonyl (C=O) groups excluding carboxylic acids is 1. The molecule has 7 nitrogen and oxygen atoms in total. The zero-order valence-electron chi connectivity index (χ0n) is 15.2. The molecule has 0 aliphatic carbocycles. The lowest BCUT2D eigenvalue weighted by molar-refractivity contribution is 0.102. The predicted octanol–water partition coefficient (Wildman–Crippen LogP) is 3.27. The molecule has 0 radical (unpaired) electrons. The first-order chi connectivity index (χ1) is 13.2. The van der Waals surface area contributed by atoms with E-state index >= 15 is 0 Å². The summed E-state index contributed by atoms with van der Waals surface area (Å²) in [6.07, 6.45) is 1.63. The molecule has 1 heterocycles. The van der Waals surface area contributed by atoms with Gasteiger partial charge < -0.3 is 14.2 Å². The number of benzene rings is 2. The van der Waals surface area contributed by atoms with Crippen LogP contribution >= 0.6 is 11.8 Å². The van der Waals surface area contributed by atoms with Crippen molar-refractivity contribution < 1.29 is 19.0 Å². The van der Waals surface area contributed by atoms with Gasteiger partial charge in [0.1, 0.15) is 6.33 Å². The zero-order chi connectivity index (χ0) is 19.2. The minimum atomic E-state index is -0.0816. The summed E-state index contributed by atoms with van der Waals surface area (Å²) in [5, 5.41) is 8.70. The lowest BCUT2D eigenvalue weighted by Gasteiger charge is -2.13. The average molecular weight is 385 g/mol. The van der Waals surface area contributed by atoms with E-state index in [1.807, 2.05) is 34.9 Å². The first-order valence-electron chi connectivity index (χ1n) is 8.09. The number of aromatic nitrogens is 3. The molecule has 0 amide bonds. The maximum absolute atomic E-state index is 12.7. The molecule has 0 fully saturated rings. The van der Waals surface area contributed by atoms with Crippen LogP contribution in [0.1, 0.15) is 10.4 Å². The minimum absolute atomic E-state index is 0.0816. The lowest BCUT2D eigenvalue weighted by Crippen LogP contribution is -2.06. The van der Waals surface area contributed by atoms with Crippen LogP contribution in [0.5, 0.6) is 17.2 Å². The van der Waals surface area contributed by atoms with Crippen LogP contribution in [0.25, 0.3) is 5.69 Å². The Morgan fingerprint density at radius 3 is 2.30 bits per heavy atom. The van der Waals surface area contributed by atoms with Crippen molar-refractivity contribution in [3.8, 4) is 22.9 Å². The summed E-state index contributed by atoms with van der Waals surface area (Å²) < 4.78 is 17.7. The number of carbonyl (C=O) groups is 1. The third kappa shape index (κ3) is 4.06. The third-order valence-electron chi connectivity index (χ3n) is 3.87. The summed E-state index contributed by atoms with van der Waals surface area (Å²) in [7, 11) is 4.55. The fourth-order valence-electron chi connectivity index (χ4n) is 2.54. The average Bonchev–Trinajstić information content (AvgIpc) is 3.20. The van der Waals surface area contributed by atoms with Crippen molar-refractivity contribution in [3.05, 3.63) is 54.4 Å². The van der Waals surface area contributed by atoms with Crippen LogP contribution in [0.15, 0.2) is 53.9 Å². The van der Waals surface area contributed by atoms with E-state index in [0.717, 1.165) is 5.69 Å². The normalized spacial score (nSPS) is 10.5. The lowest BCUT2D eigenvalue weighted by atomic mass is 10.1.